The first-order valence-electron chi connectivity index (χ1n) is 6.34. The highest BCUT2D eigenvalue weighted by Gasteiger charge is 2.24. The zero-order chi connectivity index (χ0) is 15.9. The van der Waals surface area contributed by atoms with Gasteiger partial charge in [-0.3, -0.25) is 9.48 Å². The van der Waals surface area contributed by atoms with Crippen LogP contribution >= 0.6 is 12.4 Å². The predicted molar refractivity (Wildman–Crippen MR) is 84.1 cm³/mol. The van der Waals surface area contributed by atoms with E-state index in [1.807, 2.05) is 0 Å². The lowest BCUT2D eigenvalue weighted by Crippen LogP contribution is -2.12. The lowest BCUT2D eigenvalue weighted by atomic mass is 10.1. The fourth-order valence-corrected chi connectivity index (χ4v) is 2.30. The van der Waals surface area contributed by atoms with Gasteiger partial charge in [-0.05, 0) is 6.07 Å². The molecule has 0 spiro atoms. The minimum absolute atomic E-state index is 0. The van der Waals surface area contributed by atoms with E-state index in [2.05, 4.69) is 15.1 Å². The molecule has 0 saturated carbocycles. The highest BCUT2D eigenvalue weighted by atomic mass is 35.5. The number of carbonyl (C=O) groups excluding carboxylic acids is 1. The molecule has 0 saturated heterocycles. The van der Waals surface area contributed by atoms with Gasteiger partial charge in [-0.2, -0.15) is 5.10 Å². The van der Waals surface area contributed by atoms with Crippen LogP contribution in [0.2, 0.25) is 0 Å². The van der Waals surface area contributed by atoms with Gasteiger partial charge in [0.1, 0.15) is 17.1 Å². The number of carboxylic acids is 1. The molecular formula is C14H13ClN4O4. The molecule has 0 fully saturated rings. The molecule has 0 atom stereocenters. The molecule has 8 nitrogen and oxygen atoms in total. The second kappa shape index (κ2) is 6.09. The number of aryl methyl sites for hydroxylation is 1. The number of rotatable bonds is 4. The minimum atomic E-state index is -1.53. The molecule has 3 aromatic heterocycles. The summed E-state index contributed by atoms with van der Waals surface area (Å²) in [4.78, 5) is 30.0. The molecule has 120 valence electrons. The van der Waals surface area contributed by atoms with Crippen LogP contribution in [-0.2, 0) is 11.8 Å². The van der Waals surface area contributed by atoms with E-state index in [9.17, 15) is 9.59 Å². The summed E-state index contributed by atoms with van der Waals surface area (Å²) in [6, 6.07) is 1.77. The summed E-state index contributed by atoms with van der Waals surface area (Å²) in [7, 11) is 3.21. The largest absolute Gasteiger partial charge is 0.494 e. The molecule has 0 aliphatic carbocycles. The van der Waals surface area contributed by atoms with Gasteiger partial charge in [-0.15, -0.1) is 12.4 Å². The Hall–Kier alpha value is -2.87. The standard InChI is InChI=1S/C14H12N4O4.ClH/c1-18-4-3-8(17-18)11-12-10(9(22-2)6-16-11)7(5-15-12)13(19)14(20)21;/h3-6,15H,1-2H3,(H,20,21);1H. The van der Waals surface area contributed by atoms with Crippen LogP contribution in [0.1, 0.15) is 10.4 Å². The number of fused-ring (bicyclic) bond motifs is 1. The maximum absolute atomic E-state index is 11.8. The first-order chi connectivity index (χ1) is 10.5. The highest BCUT2D eigenvalue weighted by Crippen LogP contribution is 2.33. The number of halogens is 1. The third-order valence-corrected chi connectivity index (χ3v) is 3.29. The number of nitrogens with zero attached hydrogens (tertiary/aromatic N) is 3. The van der Waals surface area contributed by atoms with Crippen LogP contribution in [0, 0.1) is 0 Å². The summed E-state index contributed by atoms with van der Waals surface area (Å²) in [5.41, 5.74) is 1.65. The Balaban J connectivity index is 0.00000192. The molecule has 0 aliphatic rings. The molecule has 3 aromatic rings. The maximum atomic E-state index is 11.8. The third-order valence-electron chi connectivity index (χ3n) is 3.29. The summed E-state index contributed by atoms with van der Waals surface area (Å²) in [5, 5.41) is 13.6. The van der Waals surface area contributed by atoms with Gasteiger partial charge < -0.3 is 14.8 Å². The number of pyridine rings is 1. The molecular weight excluding hydrogens is 324 g/mol. The number of nitrogens with one attached hydrogen (secondary N) is 1. The van der Waals surface area contributed by atoms with Gasteiger partial charge in [0, 0.05) is 19.4 Å². The second-order valence-electron chi connectivity index (χ2n) is 4.64. The number of ketones is 1. The molecule has 23 heavy (non-hydrogen) atoms. The van der Waals surface area contributed by atoms with Crippen LogP contribution in [-0.4, -0.2) is 43.7 Å². The van der Waals surface area contributed by atoms with E-state index < -0.39 is 11.8 Å². The van der Waals surface area contributed by atoms with Crippen LogP contribution in [0.15, 0.2) is 24.7 Å². The summed E-state index contributed by atoms with van der Waals surface area (Å²) in [6.45, 7) is 0. The Morgan fingerprint density at radius 1 is 1.39 bits per heavy atom. The Labute approximate surface area is 136 Å². The number of hydrogen-bond acceptors (Lipinski definition) is 5. The molecule has 0 radical (unpaired) electrons. The van der Waals surface area contributed by atoms with Crippen molar-refractivity contribution >= 4 is 35.1 Å². The van der Waals surface area contributed by atoms with Gasteiger partial charge in [0.05, 0.1) is 29.8 Å². The van der Waals surface area contributed by atoms with E-state index in [0.717, 1.165) is 0 Å². The molecule has 0 aliphatic heterocycles. The third kappa shape index (κ3) is 2.64. The van der Waals surface area contributed by atoms with Gasteiger partial charge in [0.25, 0.3) is 5.78 Å². The summed E-state index contributed by atoms with van der Waals surface area (Å²) < 4.78 is 6.82. The first-order valence-corrected chi connectivity index (χ1v) is 6.34. The van der Waals surface area contributed by atoms with E-state index in [1.54, 1.807) is 24.0 Å². The van der Waals surface area contributed by atoms with Crippen LogP contribution in [0.5, 0.6) is 5.75 Å². The number of H-pyrrole nitrogens is 1. The topological polar surface area (TPSA) is 110 Å². The number of methoxy groups -OCH3 is 1. The van der Waals surface area contributed by atoms with Gasteiger partial charge in [0.15, 0.2) is 0 Å². The van der Waals surface area contributed by atoms with Crippen molar-refractivity contribution in [3.05, 3.63) is 30.2 Å². The SMILES string of the molecule is COc1cnc(-c2ccn(C)n2)c2[nH]cc(C(=O)C(=O)O)c12.Cl. The first kappa shape index (κ1) is 16.5. The van der Waals surface area contributed by atoms with Crippen LogP contribution < -0.4 is 4.74 Å². The second-order valence-corrected chi connectivity index (χ2v) is 4.64. The Morgan fingerprint density at radius 2 is 2.13 bits per heavy atom. The Morgan fingerprint density at radius 3 is 2.70 bits per heavy atom. The van der Waals surface area contributed by atoms with Crippen molar-refractivity contribution < 1.29 is 19.4 Å². The van der Waals surface area contributed by atoms with Crippen molar-refractivity contribution in [2.45, 2.75) is 0 Å². The number of carboxylic acid groups (broad SMARTS) is 1. The molecule has 0 bridgehead atoms. The average Bonchev–Trinajstić information content (AvgIpc) is 3.12. The fourth-order valence-electron chi connectivity index (χ4n) is 2.30. The number of aromatic nitrogens is 4. The lowest BCUT2D eigenvalue weighted by molar-refractivity contribution is -0.131. The van der Waals surface area contributed by atoms with E-state index in [1.165, 1.54) is 19.5 Å². The fraction of sp³-hybridized carbons (Fsp3) is 0.143. The predicted octanol–water partition coefficient (Wildman–Crippen LogP) is 1.66. The van der Waals surface area contributed by atoms with Crippen LogP contribution in [0.3, 0.4) is 0 Å². The normalized spacial score (nSPS) is 10.3. The smallest absolute Gasteiger partial charge is 0.377 e. The van der Waals surface area contributed by atoms with E-state index in [0.29, 0.717) is 28.0 Å². The number of Topliss-reactive ketones (excluding diaryl/α,β-unsaturated/α-hetero) is 1. The number of carbonyl (C=O) groups is 2. The van der Waals surface area contributed by atoms with E-state index >= 15 is 0 Å². The van der Waals surface area contributed by atoms with Crippen molar-refractivity contribution in [3.63, 3.8) is 0 Å². The summed E-state index contributed by atoms with van der Waals surface area (Å²) in [6.07, 6.45) is 4.55. The van der Waals surface area contributed by atoms with Gasteiger partial charge >= 0.3 is 5.97 Å². The summed E-state index contributed by atoms with van der Waals surface area (Å²) in [5.74, 6) is -2.22. The van der Waals surface area contributed by atoms with Crippen molar-refractivity contribution in [1.29, 1.82) is 0 Å². The zero-order valence-electron chi connectivity index (χ0n) is 12.2. The Kier molecular flexibility index (Phi) is 4.37. The van der Waals surface area contributed by atoms with Crippen molar-refractivity contribution in [3.8, 4) is 17.1 Å². The molecule has 3 heterocycles. The molecule has 2 N–H and O–H groups in total. The maximum Gasteiger partial charge on any atom is 0.377 e. The number of aliphatic carboxylic acids is 1. The Bertz CT molecular complexity index is 899. The molecule has 9 heteroatoms. The number of ether oxygens (including phenoxy) is 1. The summed E-state index contributed by atoms with van der Waals surface area (Å²) >= 11 is 0. The van der Waals surface area contributed by atoms with Crippen molar-refractivity contribution in [1.82, 2.24) is 19.7 Å². The van der Waals surface area contributed by atoms with Crippen molar-refractivity contribution in [2.75, 3.05) is 7.11 Å². The zero-order valence-corrected chi connectivity index (χ0v) is 13.0. The highest BCUT2D eigenvalue weighted by molar-refractivity contribution is 6.42. The van der Waals surface area contributed by atoms with Crippen LogP contribution in [0.25, 0.3) is 22.3 Å². The van der Waals surface area contributed by atoms with E-state index in [-0.39, 0.29) is 18.0 Å². The quantitative estimate of drug-likeness (QED) is 0.554. The number of aromatic amines is 1. The molecule has 0 aromatic carbocycles. The molecule has 3 rings (SSSR count). The van der Waals surface area contributed by atoms with Gasteiger partial charge in [0.2, 0.25) is 0 Å². The monoisotopic (exact) mass is 336 g/mol. The number of hydrogen-bond donors (Lipinski definition) is 2. The van der Waals surface area contributed by atoms with E-state index in [4.69, 9.17) is 9.84 Å². The van der Waals surface area contributed by atoms with Gasteiger partial charge in [-0.1, -0.05) is 0 Å². The molecule has 0 unspecified atom stereocenters. The lowest BCUT2D eigenvalue weighted by Gasteiger charge is -2.05. The minimum Gasteiger partial charge on any atom is -0.494 e. The van der Waals surface area contributed by atoms with Gasteiger partial charge in [-0.25, -0.2) is 9.78 Å². The van der Waals surface area contributed by atoms with Crippen LogP contribution in [0.4, 0.5) is 0 Å². The molecule has 0 amide bonds. The average molecular weight is 337 g/mol. The van der Waals surface area contributed by atoms with Crippen molar-refractivity contribution in [2.24, 2.45) is 7.05 Å².